The number of rotatable bonds is 17. The highest BCUT2D eigenvalue weighted by atomic mass is 16.4. The summed E-state index contributed by atoms with van der Waals surface area (Å²) in [5.74, 6) is -1.34. The number of hydrogen-bond donors (Lipinski definition) is 3. The van der Waals surface area contributed by atoms with E-state index < -0.39 is 12.0 Å². The first-order chi connectivity index (χ1) is 12.1. The number of carbonyl (C=O) groups is 2. The Balaban J connectivity index is 3.47. The normalized spacial score (nSPS) is 12.4. The molecule has 0 fully saturated rings. The molecular weight excluding hydrogens is 318 g/mol. The first kappa shape index (κ1) is 23.6. The second kappa shape index (κ2) is 17.5. The van der Waals surface area contributed by atoms with E-state index in [9.17, 15) is 9.59 Å². The van der Waals surface area contributed by atoms with E-state index in [1.54, 1.807) is 0 Å². The lowest BCUT2D eigenvalue weighted by atomic mass is 10.1. The predicted molar refractivity (Wildman–Crippen MR) is 101 cm³/mol. The molecule has 1 atom stereocenters. The van der Waals surface area contributed by atoms with Crippen molar-refractivity contribution < 1.29 is 19.8 Å². The van der Waals surface area contributed by atoms with E-state index in [1.165, 1.54) is 44.9 Å². The molecule has 3 N–H and O–H groups in total. The Morgan fingerprint density at radius 1 is 0.920 bits per heavy atom. The van der Waals surface area contributed by atoms with Crippen molar-refractivity contribution in [3.63, 3.8) is 0 Å². The van der Waals surface area contributed by atoms with Gasteiger partial charge in [0.25, 0.3) is 0 Å². The average molecular weight is 356 g/mol. The smallest absolute Gasteiger partial charge is 0.326 e. The zero-order valence-electron chi connectivity index (χ0n) is 15.8. The van der Waals surface area contributed by atoms with Gasteiger partial charge in [-0.05, 0) is 32.1 Å². The molecule has 0 heterocycles. The monoisotopic (exact) mass is 355 g/mol. The molecule has 0 aromatic rings. The summed E-state index contributed by atoms with van der Waals surface area (Å²) >= 11 is 0. The van der Waals surface area contributed by atoms with Gasteiger partial charge >= 0.3 is 5.97 Å². The molecule has 5 heteroatoms. The fourth-order valence-electron chi connectivity index (χ4n) is 2.66. The van der Waals surface area contributed by atoms with Crippen LogP contribution in [0.5, 0.6) is 0 Å². The predicted octanol–water partition coefficient (Wildman–Crippen LogP) is 4.20. The van der Waals surface area contributed by atoms with Gasteiger partial charge in [-0.25, -0.2) is 4.79 Å². The number of amides is 1. The summed E-state index contributed by atoms with van der Waals surface area (Å²) in [5, 5.41) is 20.1. The van der Waals surface area contributed by atoms with Crippen molar-refractivity contribution in [1.29, 1.82) is 0 Å². The minimum Gasteiger partial charge on any atom is -0.480 e. The third kappa shape index (κ3) is 15.9. The number of carbonyl (C=O) groups excluding carboxylic acids is 1. The van der Waals surface area contributed by atoms with Gasteiger partial charge < -0.3 is 15.5 Å². The fourth-order valence-corrected chi connectivity index (χ4v) is 2.66. The fraction of sp³-hybridized carbons (Fsp3) is 0.800. The second-order valence-electron chi connectivity index (χ2n) is 6.60. The van der Waals surface area contributed by atoms with Crippen LogP contribution >= 0.6 is 0 Å². The van der Waals surface area contributed by atoms with Crippen LogP contribution in [0.1, 0.15) is 90.4 Å². The Hall–Kier alpha value is -1.36. The SMILES string of the molecule is CCCCCC/C=C\CCCCCCCC(=O)N[C@@H](CCO)C(=O)O. The van der Waals surface area contributed by atoms with Crippen LogP contribution in [-0.4, -0.2) is 34.7 Å². The van der Waals surface area contributed by atoms with Gasteiger partial charge in [-0.2, -0.15) is 0 Å². The minimum atomic E-state index is -1.10. The van der Waals surface area contributed by atoms with Crippen LogP contribution in [0.15, 0.2) is 12.2 Å². The second-order valence-corrected chi connectivity index (χ2v) is 6.60. The number of aliphatic hydroxyl groups is 1. The van der Waals surface area contributed by atoms with Crippen LogP contribution in [0.25, 0.3) is 0 Å². The van der Waals surface area contributed by atoms with Crippen LogP contribution < -0.4 is 5.32 Å². The molecule has 146 valence electrons. The third-order valence-corrected chi connectivity index (χ3v) is 4.22. The Morgan fingerprint density at radius 3 is 2.04 bits per heavy atom. The molecule has 0 saturated carbocycles. The standard InChI is InChI=1S/C20H37NO4/c1-2-3-4-5-6-7-8-9-10-11-12-13-14-15-19(23)21-18(16-17-22)20(24)25/h7-8,18,22H,2-6,9-17H2,1H3,(H,21,23)(H,24,25)/b8-7-/t18-/m0/s1. The van der Waals surface area contributed by atoms with Crippen LogP contribution in [0.2, 0.25) is 0 Å². The number of unbranched alkanes of at least 4 members (excludes halogenated alkanes) is 9. The minimum absolute atomic E-state index is 0.0488. The molecule has 0 aliphatic rings. The third-order valence-electron chi connectivity index (χ3n) is 4.22. The molecule has 25 heavy (non-hydrogen) atoms. The van der Waals surface area contributed by atoms with Crippen LogP contribution in [-0.2, 0) is 9.59 Å². The van der Waals surface area contributed by atoms with E-state index in [2.05, 4.69) is 24.4 Å². The van der Waals surface area contributed by atoms with Crippen molar-refractivity contribution in [3.8, 4) is 0 Å². The Labute approximate surface area is 152 Å². The van der Waals surface area contributed by atoms with E-state index in [0.29, 0.717) is 6.42 Å². The van der Waals surface area contributed by atoms with Gasteiger partial charge in [0.1, 0.15) is 6.04 Å². The van der Waals surface area contributed by atoms with Crippen molar-refractivity contribution in [2.45, 2.75) is 96.4 Å². The topological polar surface area (TPSA) is 86.6 Å². The van der Waals surface area contributed by atoms with Gasteiger partial charge in [0, 0.05) is 19.4 Å². The van der Waals surface area contributed by atoms with E-state index in [0.717, 1.165) is 25.7 Å². The Bertz CT molecular complexity index is 369. The molecule has 0 saturated heterocycles. The number of carboxylic acid groups (broad SMARTS) is 1. The molecule has 0 bridgehead atoms. The van der Waals surface area contributed by atoms with E-state index >= 15 is 0 Å². The molecule has 1 amide bonds. The number of nitrogens with one attached hydrogen (secondary N) is 1. The summed E-state index contributed by atoms with van der Waals surface area (Å²) in [6.07, 6.45) is 17.8. The van der Waals surface area contributed by atoms with Crippen LogP contribution in [0, 0.1) is 0 Å². The highest BCUT2D eigenvalue weighted by Crippen LogP contribution is 2.09. The first-order valence-electron chi connectivity index (χ1n) is 9.89. The summed E-state index contributed by atoms with van der Waals surface area (Å²) in [6, 6.07) is -0.980. The van der Waals surface area contributed by atoms with E-state index in [1.807, 2.05) is 0 Å². The summed E-state index contributed by atoms with van der Waals surface area (Å²) in [7, 11) is 0. The average Bonchev–Trinajstić information content (AvgIpc) is 2.58. The Morgan fingerprint density at radius 2 is 1.48 bits per heavy atom. The van der Waals surface area contributed by atoms with E-state index in [4.69, 9.17) is 10.2 Å². The Kier molecular flexibility index (Phi) is 16.5. The molecule has 0 radical (unpaired) electrons. The first-order valence-corrected chi connectivity index (χ1v) is 9.89. The molecule has 0 aromatic carbocycles. The number of hydrogen-bond acceptors (Lipinski definition) is 3. The van der Waals surface area contributed by atoms with Gasteiger partial charge in [-0.3, -0.25) is 4.79 Å². The molecule has 0 spiro atoms. The number of aliphatic hydroxyl groups excluding tert-OH is 1. The lowest BCUT2D eigenvalue weighted by molar-refractivity contribution is -0.142. The number of allylic oxidation sites excluding steroid dienone is 2. The molecule has 0 aliphatic heterocycles. The van der Waals surface area contributed by atoms with Crippen LogP contribution in [0.3, 0.4) is 0 Å². The largest absolute Gasteiger partial charge is 0.480 e. The van der Waals surface area contributed by atoms with Crippen molar-refractivity contribution in [2.24, 2.45) is 0 Å². The van der Waals surface area contributed by atoms with Crippen molar-refractivity contribution >= 4 is 11.9 Å². The zero-order valence-corrected chi connectivity index (χ0v) is 15.8. The van der Waals surface area contributed by atoms with Gasteiger partial charge in [-0.15, -0.1) is 0 Å². The van der Waals surface area contributed by atoms with Gasteiger partial charge in [-0.1, -0.05) is 57.6 Å². The number of carboxylic acids is 1. The molecular formula is C20H37NO4. The summed E-state index contributed by atoms with van der Waals surface area (Å²) in [4.78, 5) is 22.6. The van der Waals surface area contributed by atoms with Crippen molar-refractivity contribution in [3.05, 3.63) is 12.2 Å². The zero-order chi connectivity index (χ0) is 18.8. The quantitative estimate of drug-likeness (QED) is 0.270. The lowest BCUT2D eigenvalue weighted by Gasteiger charge is -2.12. The van der Waals surface area contributed by atoms with Crippen LogP contribution in [0.4, 0.5) is 0 Å². The maximum atomic E-state index is 11.7. The highest BCUT2D eigenvalue weighted by Gasteiger charge is 2.18. The summed E-state index contributed by atoms with van der Waals surface area (Å²) in [5.41, 5.74) is 0. The summed E-state index contributed by atoms with van der Waals surface area (Å²) < 4.78 is 0. The highest BCUT2D eigenvalue weighted by molar-refractivity contribution is 5.83. The molecule has 0 aromatic heterocycles. The number of aliphatic carboxylic acids is 1. The maximum absolute atomic E-state index is 11.7. The molecule has 0 rings (SSSR count). The molecule has 0 aliphatic carbocycles. The van der Waals surface area contributed by atoms with E-state index in [-0.39, 0.29) is 18.9 Å². The molecule has 5 nitrogen and oxygen atoms in total. The molecule has 0 unspecified atom stereocenters. The van der Waals surface area contributed by atoms with Crippen molar-refractivity contribution in [2.75, 3.05) is 6.61 Å². The van der Waals surface area contributed by atoms with Gasteiger partial charge in [0.05, 0.1) is 0 Å². The maximum Gasteiger partial charge on any atom is 0.326 e. The lowest BCUT2D eigenvalue weighted by Crippen LogP contribution is -2.41. The summed E-state index contributed by atoms with van der Waals surface area (Å²) in [6.45, 7) is 1.98. The van der Waals surface area contributed by atoms with Crippen molar-refractivity contribution in [1.82, 2.24) is 5.32 Å². The van der Waals surface area contributed by atoms with Gasteiger partial charge in [0.2, 0.25) is 5.91 Å². The van der Waals surface area contributed by atoms with Gasteiger partial charge in [0.15, 0.2) is 0 Å².